The first-order chi connectivity index (χ1) is 5.31. The summed E-state index contributed by atoms with van der Waals surface area (Å²) in [6.45, 7) is 10.8. The predicted molar refractivity (Wildman–Crippen MR) is 46.4 cm³/mol. The monoisotopic (exact) mass is 172 g/mol. The number of carbonyl (C=O) groups excluding carboxylic acids is 1. The highest BCUT2D eigenvalue weighted by molar-refractivity contribution is 5.71. The van der Waals surface area contributed by atoms with E-state index in [9.17, 15) is 4.79 Å². The molecule has 0 radical (unpaired) electrons. The molecule has 0 aliphatic carbocycles. The second-order valence-electron chi connectivity index (χ2n) is 3.78. The van der Waals surface area contributed by atoms with Crippen molar-refractivity contribution in [2.75, 3.05) is 0 Å². The average Bonchev–Trinajstić information content (AvgIpc) is 1.80. The third-order valence-corrected chi connectivity index (χ3v) is 0.831. The van der Waals surface area contributed by atoms with E-state index in [1.807, 2.05) is 0 Å². The molecule has 0 unspecified atom stereocenters. The summed E-state index contributed by atoms with van der Waals surface area (Å²) in [7, 11) is 0. The maximum absolute atomic E-state index is 10.9. The van der Waals surface area contributed by atoms with Gasteiger partial charge in [0.25, 0.3) is 0 Å². The summed E-state index contributed by atoms with van der Waals surface area (Å²) in [5.41, 5.74) is 0.308. The van der Waals surface area contributed by atoms with Crippen LogP contribution in [0.3, 0.4) is 0 Å². The minimum Gasteiger partial charge on any atom is -0.297 e. The van der Waals surface area contributed by atoms with Crippen LogP contribution in [0.15, 0.2) is 12.2 Å². The molecule has 0 amide bonds. The summed E-state index contributed by atoms with van der Waals surface area (Å²) in [4.78, 5) is 20.2. The second-order valence-corrected chi connectivity index (χ2v) is 3.78. The Bertz CT molecular complexity index is 177. The van der Waals surface area contributed by atoms with Crippen LogP contribution >= 0.6 is 0 Å². The minimum absolute atomic E-state index is 0.204. The maximum atomic E-state index is 10.9. The van der Waals surface area contributed by atoms with Crippen molar-refractivity contribution >= 4 is 5.97 Å². The molecule has 0 aromatic heterocycles. The zero-order valence-corrected chi connectivity index (χ0v) is 8.14. The van der Waals surface area contributed by atoms with Gasteiger partial charge in [-0.2, -0.15) is 4.89 Å². The van der Waals surface area contributed by atoms with Gasteiger partial charge in [0, 0.05) is 0 Å². The van der Waals surface area contributed by atoms with Crippen molar-refractivity contribution in [1.82, 2.24) is 0 Å². The van der Waals surface area contributed by atoms with Gasteiger partial charge in [0.2, 0.25) is 0 Å². The Morgan fingerprint density at radius 1 is 1.42 bits per heavy atom. The summed E-state index contributed by atoms with van der Waals surface area (Å²) < 4.78 is 0. The van der Waals surface area contributed by atoms with E-state index in [1.54, 1.807) is 27.7 Å². The molecule has 0 bridgehead atoms. The van der Waals surface area contributed by atoms with Crippen LogP contribution in [0.1, 0.15) is 34.1 Å². The normalized spacial score (nSPS) is 11.0. The molecular formula is C9H16O3. The van der Waals surface area contributed by atoms with Crippen molar-refractivity contribution in [2.24, 2.45) is 0 Å². The Hall–Kier alpha value is -0.830. The Labute approximate surface area is 73.3 Å². The minimum atomic E-state index is -0.454. The quantitative estimate of drug-likeness (QED) is 0.372. The van der Waals surface area contributed by atoms with E-state index in [1.165, 1.54) is 0 Å². The second kappa shape index (κ2) is 4.26. The van der Waals surface area contributed by atoms with Crippen LogP contribution in [0.5, 0.6) is 0 Å². The van der Waals surface area contributed by atoms with Crippen molar-refractivity contribution < 1.29 is 14.6 Å². The van der Waals surface area contributed by atoms with Crippen LogP contribution in [0.25, 0.3) is 0 Å². The molecule has 0 atom stereocenters. The van der Waals surface area contributed by atoms with Gasteiger partial charge in [-0.25, -0.2) is 4.79 Å². The van der Waals surface area contributed by atoms with Crippen molar-refractivity contribution in [1.29, 1.82) is 0 Å². The summed E-state index contributed by atoms with van der Waals surface area (Å²) in [5.74, 6) is -0.405. The average molecular weight is 172 g/mol. The molecule has 3 nitrogen and oxygen atoms in total. The molecule has 0 saturated heterocycles. The third-order valence-electron chi connectivity index (χ3n) is 0.831. The van der Waals surface area contributed by atoms with Crippen LogP contribution in [0.2, 0.25) is 0 Å². The van der Waals surface area contributed by atoms with Crippen LogP contribution in [0, 0.1) is 0 Å². The fourth-order valence-electron chi connectivity index (χ4n) is 0.447. The summed E-state index contributed by atoms with van der Waals surface area (Å²) >= 11 is 0. The van der Waals surface area contributed by atoms with Gasteiger partial charge in [-0.05, 0) is 27.7 Å². The molecule has 0 aliphatic heterocycles. The molecular weight excluding hydrogens is 156 g/mol. The van der Waals surface area contributed by atoms with E-state index in [0.29, 0.717) is 0 Å². The van der Waals surface area contributed by atoms with Gasteiger partial charge in [0.15, 0.2) is 0 Å². The van der Waals surface area contributed by atoms with Crippen molar-refractivity contribution in [2.45, 2.75) is 39.7 Å². The molecule has 0 spiro atoms. The molecule has 0 saturated carbocycles. The fourth-order valence-corrected chi connectivity index (χ4v) is 0.447. The highest BCUT2D eigenvalue weighted by Crippen LogP contribution is 2.08. The molecule has 12 heavy (non-hydrogen) atoms. The van der Waals surface area contributed by atoms with Gasteiger partial charge in [0.05, 0.1) is 6.42 Å². The van der Waals surface area contributed by atoms with Crippen LogP contribution < -0.4 is 0 Å². The lowest BCUT2D eigenvalue weighted by molar-refractivity contribution is -0.319. The molecule has 0 N–H and O–H groups in total. The SMILES string of the molecule is C=C(C)CC(=O)OOC(C)(C)C. The van der Waals surface area contributed by atoms with E-state index in [0.717, 1.165) is 5.57 Å². The van der Waals surface area contributed by atoms with Crippen molar-refractivity contribution in [3.8, 4) is 0 Å². The largest absolute Gasteiger partial charge is 0.346 e. The molecule has 0 aromatic carbocycles. The number of hydrogen-bond donors (Lipinski definition) is 0. The van der Waals surface area contributed by atoms with Crippen molar-refractivity contribution in [3.05, 3.63) is 12.2 Å². The lowest BCUT2D eigenvalue weighted by Crippen LogP contribution is -2.21. The van der Waals surface area contributed by atoms with Crippen LogP contribution in [-0.2, 0) is 14.6 Å². The van der Waals surface area contributed by atoms with E-state index in [2.05, 4.69) is 11.5 Å². The Morgan fingerprint density at radius 3 is 2.25 bits per heavy atom. The zero-order valence-electron chi connectivity index (χ0n) is 8.14. The first kappa shape index (κ1) is 11.2. The van der Waals surface area contributed by atoms with Gasteiger partial charge >= 0.3 is 5.97 Å². The molecule has 0 heterocycles. The molecule has 0 rings (SSSR count). The van der Waals surface area contributed by atoms with Gasteiger partial charge in [-0.3, -0.25) is 4.89 Å². The lowest BCUT2D eigenvalue weighted by Gasteiger charge is -2.16. The Kier molecular flexibility index (Phi) is 3.96. The summed E-state index contributed by atoms with van der Waals surface area (Å²) in [6, 6.07) is 0. The van der Waals surface area contributed by atoms with Gasteiger partial charge in [-0.15, -0.1) is 0 Å². The van der Waals surface area contributed by atoms with Crippen LogP contribution in [-0.4, -0.2) is 11.6 Å². The third kappa shape index (κ3) is 7.28. The standard InChI is InChI=1S/C9H16O3/c1-7(2)6-8(10)11-12-9(3,4)5/h1,6H2,2-5H3. The molecule has 0 aromatic rings. The van der Waals surface area contributed by atoms with Gasteiger partial charge in [-0.1, -0.05) is 12.2 Å². The lowest BCUT2D eigenvalue weighted by atomic mass is 10.2. The highest BCUT2D eigenvalue weighted by Gasteiger charge is 2.14. The molecule has 70 valence electrons. The first-order valence-corrected chi connectivity index (χ1v) is 3.84. The number of carbonyl (C=O) groups is 1. The van der Waals surface area contributed by atoms with Crippen LogP contribution in [0.4, 0.5) is 0 Å². The first-order valence-electron chi connectivity index (χ1n) is 3.84. The fraction of sp³-hybridized carbons (Fsp3) is 0.667. The van der Waals surface area contributed by atoms with E-state index >= 15 is 0 Å². The van der Waals surface area contributed by atoms with E-state index in [-0.39, 0.29) is 6.42 Å². The zero-order chi connectivity index (χ0) is 9.78. The van der Waals surface area contributed by atoms with E-state index in [4.69, 9.17) is 4.89 Å². The molecule has 3 heteroatoms. The van der Waals surface area contributed by atoms with Crippen molar-refractivity contribution in [3.63, 3.8) is 0 Å². The highest BCUT2D eigenvalue weighted by atomic mass is 17.2. The predicted octanol–water partition coefficient (Wildman–Crippen LogP) is 2.23. The van der Waals surface area contributed by atoms with Gasteiger partial charge in [0.1, 0.15) is 5.60 Å². The number of hydrogen-bond acceptors (Lipinski definition) is 3. The molecule has 0 aliphatic rings. The summed E-state index contributed by atoms with van der Waals surface area (Å²) in [6.07, 6.45) is 0.204. The topological polar surface area (TPSA) is 35.5 Å². The summed E-state index contributed by atoms with van der Waals surface area (Å²) in [5, 5.41) is 0. The van der Waals surface area contributed by atoms with Gasteiger partial charge < -0.3 is 0 Å². The maximum Gasteiger partial charge on any atom is 0.346 e. The Morgan fingerprint density at radius 2 is 1.92 bits per heavy atom. The number of rotatable bonds is 3. The van der Waals surface area contributed by atoms with E-state index < -0.39 is 11.6 Å². The molecule has 0 fully saturated rings. The smallest absolute Gasteiger partial charge is 0.297 e. The Balaban J connectivity index is 3.65.